The zero-order chi connectivity index (χ0) is 14.8. The van der Waals surface area contributed by atoms with Gasteiger partial charge in [0.15, 0.2) is 0 Å². The van der Waals surface area contributed by atoms with Crippen molar-refractivity contribution < 1.29 is 9.84 Å². The summed E-state index contributed by atoms with van der Waals surface area (Å²) in [7, 11) is 1.66. The molecular formula is C18H15IO2. The minimum Gasteiger partial charge on any atom is -0.497 e. The van der Waals surface area contributed by atoms with Gasteiger partial charge in [0, 0.05) is 3.57 Å². The second-order valence-electron chi connectivity index (χ2n) is 4.93. The molecule has 0 heterocycles. The van der Waals surface area contributed by atoms with E-state index >= 15 is 0 Å². The van der Waals surface area contributed by atoms with Crippen molar-refractivity contribution in [2.24, 2.45) is 0 Å². The van der Waals surface area contributed by atoms with Crippen molar-refractivity contribution in [3.63, 3.8) is 0 Å². The summed E-state index contributed by atoms with van der Waals surface area (Å²) in [6, 6.07) is 19.9. The van der Waals surface area contributed by atoms with Gasteiger partial charge in [-0.2, -0.15) is 0 Å². The smallest absolute Gasteiger partial charge is 0.119 e. The maximum absolute atomic E-state index is 10.5. The molecule has 3 rings (SSSR count). The lowest BCUT2D eigenvalue weighted by Crippen LogP contribution is -1.99. The van der Waals surface area contributed by atoms with E-state index < -0.39 is 6.10 Å². The first kappa shape index (κ1) is 14.4. The molecule has 0 spiro atoms. The molecule has 3 heteroatoms. The van der Waals surface area contributed by atoms with E-state index in [0.29, 0.717) is 0 Å². The van der Waals surface area contributed by atoms with E-state index in [1.807, 2.05) is 60.7 Å². The fourth-order valence-electron chi connectivity index (χ4n) is 2.38. The van der Waals surface area contributed by atoms with Gasteiger partial charge in [-0.3, -0.25) is 0 Å². The van der Waals surface area contributed by atoms with E-state index in [1.165, 1.54) is 0 Å². The largest absolute Gasteiger partial charge is 0.497 e. The Labute approximate surface area is 137 Å². The van der Waals surface area contributed by atoms with Crippen molar-refractivity contribution in [1.29, 1.82) is 0 Å². The van der Waals surface area contributed by atoms with Crippen LogP contribution < -0.4 is 4.74 Å². The minimum absolute atomic E-state index is 0.603. The molecule has 3 aromatic rings. The van der Waals surface area contributed by atoms with Crippen LogP contribution in [0.4, 0.5) is 0 Å². The van der Waals surface area contributed by atoms with Crippen LogP contribution in [0, 0.1) is 3.57 Å². The highest BCUT2D eigenvalue weighted by atomic mass is 127. The van der Waals surface area contributed by atoms with Crippen LogP contribution in [0.15, 0.2) is 60.7 Å². The summed E-state index contributed by atoms with van der Waals surface area (Å²) < 4.78 is 6.39. The van der Waals surface area contributed by atoms with E-state index in [2.05, 4.69) is 22.6 Å². The molecule has 0 saturated heterocycles. The normalized spacial score (nSPS) is 12.3. The number of fused-ring (bicyclic) bond motifs is 1. The zero-order valence-corrected chi connectivity index (χ0v) is 13.7. The van der Waals surface area contributed by atoms with Crippen molar-refractivity contribution in [3.05, 3.63) is 75.4 Å². The SMILES string of the molecule is COc1ccc2cc(C(O)c3ccc(I)cc3)ccc2c1. The van der Waals surface area contributed by atoms with Gasteiger partial charge in [0.25, 0.3) is 0 Å². The third-order valence-corrected chi connectivity index (χ3v) is 4.29. The number of ether oxygens (including phenoxy) is 1. The molecular weight excluding hydrogens is 375 g/mol. The number of aliphatic hydroxyl groups is 1. The molecule has 0 aromatic heterocycles. The number of methoxy groups -OCH3 is 1. The highest BCUT2D eigenvalue weighted by Crippen LogP contribution is 2.27. The van der Waals surface area contributed by atoms with E-state index in [4.69, 9.17) is 4.74 Å². The zero-order valence-electron chi connectivity index (χ0n) is 11.6. The standard InChI is InChI=1S/C18H15IO2/c1-21-17-9-6-13-10-15(3-2-14(13)11-17)18(20)12-4-7-16(19)8-5-12/h2-11,18,20H,1H3. The second kappa shape index (κ2) is 6.03. The summed E-state index contributed by atoms with van der Waals surface area (Å²) in [4.78, 5) is 0. The molecule has 0 aliphatic carbocycles. The Balaban J connectivity index is 1.98. The van der Waals surface area contributed by atoms with Gasteiger partial charge in [-0.25, -0.2) is 0 Å². The summed E-state index contributed by atoms with van der Waals surface area (Å²) >= 11 is 2.26. The van der Waals surface area contributed by atoms with Gasteiger partial charge < -0.3 is 9.84 Å². The molecule has 1 N–H and O–H groups in total. The highest BCUT2D eigenvalue weighted by molar-refractivity contribution is 14.1. The lowest BCUT2D eigenvalue weighted by Gasteiger charge is -2.13. The molecule has 0 saturated carbocycles. The average molecular weight is 390 g/mol. The van der Waals surface area contributed by atoms with Crippen LogP contribution in [0.25, 0.3) is 10.8 Å². The van der Waals surface area contributed by atoms with Crippen molar-refractivity contribution >= 4 is 33.4 Å². The van der Waals surface area contributed by atoms with Crippen LogP contribution >= 0.6 is 22.6 Å². The molecule has 0 amide bonds. The Morgan fingerprint density at radius 2 is 1.48 bits per heavy atom. The van der Waals surface area contributed by atoms with Gasteiger partial charge in [-0.05, 0) is 74.8 Å². The summed E-state index contributed by atoms with van der Waals surface area (Å²) in [5.74, 6) is 0.841. The van der Waals surface area contributed by atoms with E-state index in [-0.39, 0.29) is 0 Å². The quantitative estimate of drug-likeness (QED) is 0.666. The Bertz CT molecular complexity index is 766. The molecule has 0 aliphatic heterocycles. The predicted octanol–water partition coefficient (Wildman–Crippen LogP) is 4.53. The number of rotatable bonds is 3. The predicted molar refractivity (Wildman–Crippen MR) is 93.7 cm³/mol. The Morgan fingerprint density at radius 3 is 2.19 bits per heavy atom. The van der Waals surface area contributed by atoms with Crippen LogP contribution in [-0.4, -0.2) is 12.2 Å². The molecule has 106 valence electrons. The summed E-state index contributed by atoms with van der Waals surface area (Å²) in [6.07, 6.45) is -0.603. The minimum atomic E-state index is -0.603. The van der Waals surface area contributed by atoms with Crippen molar-refractivity contribution in [1.82, 2.24) is 0 Å². The fraction of sp³-hybridized carbons (Fsp3) is 0.111. The topological polar surface area (TPSA) is 29.5 Å². The molecule has 0 aliphatic rings. The average Bonchev–Trinajstić information content (AvgIpc) is 2.54. The monoisotopic (exact) mass is 390 g/mol. The second-order valence-corrected chi connectivity index (χ2v) is 6.17. The maximum atomic E-state index is 10.5. The van der Waals surface area contributed by atoms with Gasteiger partial charge in [0.2, 0.25) is 0 Å². The van der Waals surface area contributed by atoms with Gasteiger partial charge >= 0.3 is 0 Å². The lowest BCUT2D eigenvalue weighted by atomic mass is 9.98. The molecule has 1 unspecified atom stereocenters. The third-order valence-electron chi connectivity index (χ3n) is 3.57. The highest BCUT2D eigenvalue weighted by Gasteiger charge is 2.11. The number of benzene rings is 3. The van der Waals surface area contributed by atoms with E-state index in [9.17, 15) is 5.11 Å². The van der Waals surface area contributed by atoms with Crippen molar-refractivity contribution in [2.75, 3.05) is 7.11 Å². The van der Waals surface area contributed by atoms with E-state index in [0.717, 1.165) is 31.2 Å². The molecule has 1 atom stereocenters. The van der Waals surface area contributed by atoms with Gasteiger partial charge in [-0.15, -0.1) is 0 Å². The van der Waals surface area contributed by atoms with E-state index in [1.54, 1.807) is 7.11 Å². The Hall–Kier alpha value is -1.59. The first-order chi connectivity index (χ1) is 10.2. The Kier molecular flexibility index (Phi) is 4.12. The van der Waals surface area contributed by atoms with Gasteiger partial charge in [0.1, 0.15) is 11.9 Å². The molecule has 2 nitrogen and oxygen atoms in total. The summed E-state index contributed by atoms with van der Waals surface area (Å²) in [5.41, 5.74) is 1.80. The molecule has 21 heavy (non-hydrogen) atoms. The first-order valence-electron chi connectivity index (χ1n) is 6.68. The fourth-order valence-corrected chi connectivity index (χ4v) is 2.74. The molecule has 3 aromatic carbocycles. The third kappa shape index (κ3) is 3.04. The van der Waals surface area contributed by atoms with Crippen molar-refractivity contribution in [2.45, 2.75) is 6.10 Å². The van der Waals surface area contributed by atoms with Gasteiger partial charge in [0.05, 0.1) is 7.11 Å². The molecule has 0 bridgehead atoms. The van der Waals surface area contributed by atoms with Crippen LogP contribution in [0.3, 0.4) is 0 Å². The maximum Gasteiger partial charge on any atom is 0.119 e. The van der Waals surface area contributed by atoms with Crippen LogP contribution in [0.2, 0.25) is 0 Å². The number of halogens is 1. The van der Waals surface area contributed by atoms with Gasteiger partial charge in [-0.1, -0.05) is 30.3 Å². The number of hydrogen-bond acceptors (Lipinski definition) is 2. The van der Waals surface area contributed by atoms with Crippen LogP contribution in [-0.2, 0) is 0 Å². The first-order valence-corrected chi connectivity index (χ1v) is 7.76. The number of hydrogen-bond donors (Lipinski definition) is 1. The summed E-state index contributed by atoms with van der Waals surface area (Å²) in [5, 5.41) is 12.7. The van der Waals surface area contributed by atoms with Crippen molar-refractivity contribution in [3.8, 4) is 5.75 Å². The van der Waals surface area contributed by atoms with Crippen LogP contribution in [0.5, 0.6) is 5.75 Å². The molecule has 0 radical (unpaired) electrons. The summed E-state index contributed by atoms with van der Waals surface area (Å²) in [6.45, 7) is 0. The Morgan fingerprint density at radius 1 is 0.857 bits per heavy atom. The molecule has 0 fully saturated rings. The lowest BCUT2D eigenvalue weighted by molar-refractivity contribution is 0.220. The number of aliphatic hydroxyl groups excluding tert-OH is 1. The van der Waals surface area contributed by atoms with Crippen LogP contribution in [0.1, 0.15) is 17.2 Å².